The normalized spacial score (nSPS) is 10.3. The standard InChI is InChI=1S/C13H15N3O2/c1-2-16(13(17)12-5-9-15-18-12)10-6-11-3-7-14-8-4-11/h3-5,7-9H,2,6,10H2,1H3. The average molecular weight is 245 g/mol. The van der Waals surface area contributed by atoms with Gasteiger partial charge in [0.1, 0.15) is 0 Å². The Morgan fingerprint density at radius 3 is 2.67 bits per heavy atom. The smallest absolute Gasteiger partial charge is 0.292 e. The number of rotatable bonds is 5. The van der Waals surface area contributed by atoms with Crippen molar-refractivity contribution in [3.8, 4) is 0 Å². The second kappa shape index (κ2) is 5.95. The van der Waals surface area contributed by atoms with Crippen molar-refractivity contribution in [1.82, 2.24) is 15.0 Å². The van der Waals surface area contributed by atoms with E-state index in [1.807, 2.05) is 19.1 Å². The number of carbonyl (C=O) groups excluding carboxylic acids is 1. The summed E-state index contributed by atoms with van der Waals surface area (Å²) >= 11 is 0. The fourth-order valence-electron chi connectivity index (χ4n) is 1.70. The number of aromatic nitrogens is 2. The molecule has 0 saturated heterocycles. The largest absolute Gasteiger partial charge is 0.351 e. The van der Waals surface area contributed by atoms with E-state index >= 15 is 0 Å². The van der Waals surface area contributed by atoms with Crippen LogP contribution < -0.4 is 0 Å². The third-order valence-corrected chi connectivity index (χ3v) is 2.74. The molecular weight excluding hydrogens is 230 g/mol. The lowest BCUT2D eigenvalue weighted by atomic mass is 10.2. The number of carbonyl (C=O) groups is 1. The number of amides is 1. The lowest BCUT2D eigenvalue weighted by Crippen LogP contribution is -2.32. The highest BCUT2D eigenvalue weighted by Gasteiger charge is 2.17. The minimum Gasteiger partial charge on any atom is -0.351 e. The number of pyridine rings is 1. The van der Waals surface area contributed by atoms with Gasteiger partial charge in [-0.25, -0.2) is 0 Å². The van der Waals surface area contributed by atoms with Gasteiger partial charge in [0.15, 0.2) is 0 Å². The van der Waals surface area contributed by atoms with Gasteiger partial charge in [-0.2, -0.15) is 0 Å². The van der Waals surface area contributed by atoms with Gasteiger partial charge in [-0.15, -0.1) is 0 Å². The highest BCUT2D eigenvalue weighted by molar-refractivity contribution is 5.91. The van der Waals surface area contributed by atoms with E-state index in [2.05, 4.69) is 10.1 Å². The van der Waals surface area contributed by atoms with Crippen molar-refractivity contribution in [2.75, 3.05) is 13.1 Å². The fourth-order valence-corrected chi connectivity index (χ4v) is 1.70. The van der Waals surface area contributed by atoms with E-state index in [0.717, 1.165) is 12.0 Å². The topological polar surface area (TPSA) is 59.2 Å². The molecule has 0 saturated carbocycles. The summed E-state index contributed by atoms with van der Waals surface area (Å²) in [6.07, 6.45) is 5.79. The molecule has 2 aromatic heterocycles. The van der Waals surface area contributed by atoms with Crippen molar-refractivity contribution in [2.24, 2.45) is 0 Å². The van der Waals surface area contributed by atoms with Crippen LogP contribution in [-0.4, -0.2) is 34.0 Å². The molecule has 0 bridgehead atoms. The molecule has 0 aliphatic carbocycles. The van der Waals surface area contributed by atoms with Crippen LogP contribution in [0.3, 0.4) is 0 Å². The van der Waals surface area contributed by atoms with Gasteiger partial charge in [0.05, 0.1) is 6.20 Å². The van der Waals surface area contributed by atoms with E-state index in [1.165, 1.54) is 6.20 Å². The Kier molecular flexibility index (Phi) is 4.06. The van der Waals surface area contributed by atoms with Crippen LogP contribution >= 0.6 is 0 Å². The van der Waals surface area contributed by atoms with Gasteiger partial charge < -0.3 is 9.42 Å². The van der Waals surface area contributed by atoms with Gasteiger partial charge in [-0.05, 0) is 31.0 Å². The highest BCUT2D eigenvalue weighted by atomic mass is 16.5. The van der Waals surface area contributed by atoms with Crippen molar-refractivity contribution in [3.63, 3.8) is 0 Å². The molecule has 0 spiro atoms. The molecule has 1 amide bonds. The van der Waals surface area contributed by atoms with Crippen LogP contribution in [0.1, 0.15) is 23.0 Å². The first-order valence-electron chi connectivity index (χ1n) is 5.90. The maximum atomic E-state index is 12.0. The second-order valence-electron chi connectivity index (χ2n) is 3.87. The molecule has 0 aliphatic heterocycles. The Hall–Kier alpha value is -2.17. The van der Waals surface area contributed by atoms with E-state index in [4.69, 9.17) is 4.52 Å². The minimum atomic E-state index is -0.121. The molecule has 5 nitrogen and oxygen atoms in total. The van der Waals surface area contributed by atoms with E-state index < -0.39 is 0 Å². The summed E-state index contributed by atoms with van der Waals surface area (Å²) in [6.45, 7) is 3.24. The SMILES string of the molecule is CCN(CCc1ccncc1)C(=O)c1ccno1. The predicted molar refractivity (Wildman–Crippen MR) is 66.0 cm³/mol. The van der Waals surface area contributed by atoms with Crippen LogP contribution in [0, 0.1) is 0 Å². The van der Waals surface area contributed by atoms with Crippen molar-refractivity contribution >= 4 is 5.91 Å². The van der Waals surface area contributed by atoms with Crippen LogP contribution in [-0.2, 0) is 6.42 Å². The monoisotopic (exact) mass is 245 g/mol. The Balaban J connectivity index is 1.96. The Labute approximate surface area is 105 Å². The molecular formula is C13H15N3O2. The van der Waals surface area contributed by atoms with Crippen LogP contribution in [0.2, 0.25) is 0 Å². The Morgan fingerprint density at radius 2 is 2.06 bits per heavy atom. The van der Waals surface area contributed by atoms with Crippen LogP contribution in [0.5, 0.6) is 0 Å². The predicted octanol–water partition coefficient (Wildman–Crippen LogP) is 1.77. The van der Waals surface area contributed by atoms with Gasteiger partial charge in [-0.1, -0.05) is 5.16 Å². The number of hydrogen-bond donors (Lipinski definition) is 0. The Morgan fingerprint density at radius 1 is 1.28 bits per heavy atom. The first kappa shape index (κ1) is 12.3. The van der Waals surface area contributed by atoms with Crippen LogP contribution in [0.25, 0.3) is 0 Å². The summed E-state index contributed by atoms with van der Waals surface area (Å²) in [5.41, 5.74) is 1.16. The van der Waals surface area contributed by atoms with Gasteiger partial charge in [-0.3, -0.25) is 9.78 Å². The molecule has 2 heterocycles. The van der Waals surface area contributed by atoms with Gasteiger partial charge in [0.25, 0.3) is 5.91 Å². The first-order chi connectivity index (χ1) is 8.81. The van der Waals surface area contributed by atoms with Crippen LogP contribution in [0.4, 0.5) is 0 Å². The summed E-state index contributed by atoms with van der Waals surface area (Å²) in [4.78, 5) is 17.7. The molecule has 0 N–H and O–H groups in total. The lowest BCUT2D eigenvalue weighted by Gasteiger charge is -2.19. The third-order valence-electron chi connectivity index (χ3n) is 2.74. The summed E-state index contributed by atoms with van der Waals surface area (Å²) in [7, 11) is 0. The van der Waals surface area contributed by atoms with Gasteiger partial charge in [0.2, 0.25) is 5.76 Å². The maximum absolute atomic E-state index is 12.0. The zero-order valence-electron chi connectivity index (χ0n) is 10.2. The summed E-state index contributed by atoms with van der Waals surface area (Å²) in [5.74, 6) is 0.163. The quantitative estimate of drug-likeness (QED) is 0.805. The highest BCUT2D eigenvalue weighted by Crippen LogP contribution is 2.06. The zero-order chi connectivity index (χ0) is 12.8. The summed E-state index contributed by atoms with van der Waals surface area (Å²) < 4.78 is 4.88. The number of likely N-dealkylation sites (N-methyl/N-ethyl adjacent to an activating group) is 1. The van der Waals surface area contributed by atoms with Gasteiger partial charge in [0, 0.05) is 31.5 Å². The molecule has 0 radical (unpaired) electrons. The molecule has 2 aromatic rings. The van der Waals surface area contributed by atoms with E-state index in [-0.39, 0.29) is 11.7 Å². The Bertz CT molecular complexity index is 482. The lowest BCUT2D eigenvalue weighted by molar-refractivity contribution is 0.0724. The summed E-state index contributed by atoms with van der Waals surface area (Å²) in [6, 6.07) is 5.48. The first-order valence-corrected chi connectivity index (χ1v) is 5.90. The van der Waals surface area contributed by atoms with Crippen molar-refractivity contribution in [3.05, 3.63) is 48.1 Å². The van der Waals surface area contributed by atoms with Crippen LogP contribution in [0.15, 0.2) is 41.3 Å². The molecule has 18 heavy (non-hydrogen) atoms. The zero-order valence-corrected chi connectivity index (χ0v) is 10.2. The van der Waals surface area contributed by atoms with Crippen molar-refractivity contribution in [2.45, 2.75) is 13.3 Å². The van der Waals surface area contributed by atoms with E-state index in [1.54, 1.807) is 23.4 Å². The third kappa shape index (κ3) is 2.94. The number of hydrogen-bond acceptors (Lipinski definition) is 4. The van der Waals surface area contributed by atoms with Crippen molar-refractivity contribution < 1.29 is 9.32 Å². The molecule has 2 rings (SSSR count). The van der Waals surface area contributed by atoms with E-state index in [0.29, 0.717) is 13.1 Å². The molecule has 0 atom stereocenters. The second-order valence-corrected chi connectivity index (χ2v) is 3.87. The van der Waals surface area contributed by atoms with E-state index in [9.17, 15) is 4.79 Å². The van der Waals surface area contributed by atoms with Crippen molar-refractivity contribution in [1.29, 1.82) is 0 Å². The molecule has 94 valence electrons. The average Bonchev–Trinajstić information content (AvgIpc) is 2.94. The molecule has 0 unspecified atom stereocenters. The molecule has 5 heteroatoms. The molecule has 0 fully saturated rings. The maximum Gasteiger partial charge on any atom is 0.292 e. The fraction of sp³-hybridized carbons (Fsp3) is 0.308. The molecule has 0 aromatic carbocycles. The number of nitrogens with zero attached hydrogens (tertiary/aromatic N) is 3. The molecule has 0 aliphatic rings. The minimum absolute atomic E-state index is 0.121. The summed E-state index contributed by atoms with van der Waals surface area (Å²) in [5, 5.41) is 3.55. The van der Waals surface area contributed by atoms with Gasteiger partial charge >= 0.3 is 0 Å².